The molecule has 0 bridgehead atoms. The van der Waals surface area contributed by atoms with Crippen molar-refractivity contribution in [2.24, 2.45) is 0 Å². The molecule has 2 aromatic rings. The zero-order chi connectivity index (χ0) is 18.7. The molecule has 26 heavy (non-hydrogen) atoms. The minimum atomic E-state index is -3.38. The molecular weight excluding hydrogens is 350 g/mol. The second-order valence-electron chi connectivity index (χ2n) is 7.21. The Bertz CT molecular complexity index is 837. The summed E-state index contributed by atoms with van der Waals surface area (Å²) >= 11 is 0. The van der Waals surface area contributed by atoms with Crippen LogP contribution in [0.25, 0.3) is 0 Å². The zero-order valence-corrected chi connectivity index (χ0v) is 16.5. The first-order valence-corrected chi connectivity index (χ1v) is 10.8. The molecule has 1 aromatic heterocycles. The number of nitrogens with zero attached hydrogens (tertiary/aromatic N) is 3. The molecule has 142 valence electrons. The molecule has 1 fully saturated rings. The van der Waals surface area contributed by atoms with Crippen molar-refractivity contribution in [2.75, 3.05) is 19.9 Å². The predicted octanol–water partition coefficient (Wildman–Crippen LogP) is 2.41. The number of rotatable bonds is 7. The second-order valence-corrected chi connectivity index (χ2v) is 9.12. The number of aromatic nitrogens is 2. The topological polar surface area (TPSA) is 64.4 Å². The first-order chi connectivity index (χ1) is 12.3. The van der Waals surface area contributed by atoms with E-state index in [0.717, 1.165) is 31.7 Å². The van der Waals surface area contributed by atoms with E-state index in [9.17, 15) is 8.42 Å². The van der Waals surface area contributed by atoms with Crippen LogP contribution >= 0.6 is 0 Å². The molecule has 3 rings (SSSR count). The van der Waals surface area contributed by atoms with E-state index in [4.69, 9.17) is 4.74 Å². The lowest BCUT2D eigenvalue weighted by molar-refractivity contribution is 0.0934. The van der Waals surface area contributed by atoms with E-state index < -0.39 is 9.84 Å². The fraction of sp³-hybridized carbons (Fsp3) is 0.526. The first-order valence-electron chi connectivity index (χ1n) is 8.93. The molecule has 7 heteroatoms. The summed E-state index contributed by atoms with van der Waals surface area (Å²) < 4.78 is 31.7. The number of ether oxygens (including phenoxy) is 1. The van der Waals surface area contributed by atoms with Crippen molar-refractivity contribution in [1.29, 1.82) is 0 Å². The molecule has 0 aliphatic carbocycles. The van der Waals surface area contributed by atoms with Crippen LogP contribution in [0, 0.1) is 6.92 Å². The number of aryl methyl sites for hydroxylation is 1. The number of benzene rings is 1. The Labute approximate surface area is 155 Å². The van der Waals surface area contributed by atoms with Crippen LogP contribution < -0.4 is 0 Å². The van der Waals surface area contributed by atoms with Gasteiger partial charge in [0.05, 0.1) is 24.5 Å². The van der Waals surface area contributed by atoms with Crippen molar-refractivity contribution in [1.82, 2.24) is 14.5 Å². The summed E-state index contributed by atoms with van der Waals surface area (Å²) in [4.78, 5) is 6.36. The van der Waals surface area contributed by atoms with E-state index in [1.807, 2.05) is 11.6 Å². The Kier molecular flexibility index (Phi) is 5.79. The van der Waals surface area contributed by atoms with Crippen LogP contribution in [0.2, 0.25) is 0 Å². The van der Waals surface area contributed by atoms with E-state index in [1.54, 1.807) is 6.20 Å². The molecule has 1 saturated heterocycles. The highest BCUT2D eigenvalue weighted by molar-refractivity contribution is 7.90. The molecule has 1 aromatic carbocycles. The molecule has 0 saturated carbocycles. The number of hydrogen-bond donors (Lipinski definition) is 0. The smallest absolute Gasteiger partial charge is 0.227 e. The van der Waals surface area contributed by atoms with Crippen molar-refractivity contribution >= 4 is 9.84 Å². The van der Waals surface area contributed by atoms with Crippen molar-refractivity contribution in [3.05, 3.63) is 47.3 Å². The van der Waals surface area contributed by atoms with Crippen molar-refractivity contribution in [3.63, 3.8) is 0 Å². The molecule has 2 heterocycles. The van der Waals surface area contributed by atoms with Crippen molar-refractivity contribution in [3.8, 4) is 0 Å². The lowest BCUT2D eigenvalue weighted by Gasteiger charge is -2.20. The lowest BCUT2D eigenvalue weighted by Crippen LogP contribution is -2.24. The molecule has 6 nitrogen and oxygen atoms in total. The van der Waals surface area contributed by atoms with Gasteiger partial charge in [-0.2, -0.15) is 0 Å². The van der Waals surface area contributed by atoms with Gasteiger partial charge in [-0.25, -0.2) is 13.4 Å². The van der Waals surface area contributed by atoms with E-state index >= 15 is 0 Å². The van der Waals surface area contributed by atoms with Gasteiger partial charge in [-0.05, 0) is 32.4 Å². The molecule has 0 radical (unpaired) electrons. The molecule has 0 amide bonds. The molecule has 1 atom stereocenters. The number of imidazole rings is 1. The van der Waals surface area contributed by atoms with Crippen molar-refractivity contribution in [2.45, 2.75) is 50.7 Å². The highest BCUT2D eigenvalue weighted by Gasteiger charge is 2.24. The highest BCUT2D eigenvalue weighted by Crippen LogP contribution is 2.20. The van der Waals surface area contributed by atoms with E-state index in [-0.39, 0.29) is 11.3 Å². The fourth-order valence-corrected chi connectivity index (χ4v) is 4.18. The van der Waals surface area contributed by atoms with Crippen LogP contribution in [0.5, 0.6) is 0 Å². The molecule has 0 unspecified atom stereocenters. The Morgan fingerprint density at radius 2 is 2.00 bits per heavy atom. The Morgan fingerprint density at radius 3 is 2.62 bits per heavy atom. The Hall–Kier alpha value is -1.70. The lowest BCUT2D eigenvalue weighted by atomic mass is 10.1. The van der Waals surface area contributed by atoms with Gasteiger partial charge in [-0.3, -0.25) is 4.90 Å². The SMILES string of the molecule is Cc1ccc(CN(C)Cc2cnc(S(C)(=O)=O)n2C[C@@H]2CCCO2)cc1. The van der Waals surface area contributed by atoms with Gasteiger partial charge in [0, 0.05) is 26.0 Å². The molecule has 0 N–H and O–H groups in total. The second kappa shape index (κ2) is 7.90. The van der Waals surface area contributed by atoms with Crippen LogP contribution in [-0.2, 0) is 34.2 Å². The van der Waals surface area contributed by atoms with Crippen molar-refractivity contribution < 1.29 is 13.2 Å². The van der Waals surface area contributed by atoms with Gasteiger partial charge < -0.3 is 9.30 Å². The van der Waals surface area contributed by atoms with Gasteiger partial charge >= 0.3 is 0 Å². The van der Waals surface area contributed by atoms with Crippen LogP contribution in [-0.4, -0.2) is 48.9 Å². The maximum Gasteiger partial charge on any atom is 0.227 e. The summed E-state index contributed by atoms with van der Waals surface area (Å²) in [5.41, 5.74) is 3.37. The summed E-state index contributed by atoms with van der Waals surface area (Å²) in [5, 5.41) is 0.131. The summed E-state index contributed by atoms with van der Waals surface area (Å²) in [6, 6.07) is 8.45. The van der Waals surface area contributed by atoms with Crippen LogP contribution in [0.4, 0.5) is 0 Å². The van der Waals surface area contributed by atoms with Gasteiger partial charge in [0.2, 0.25) is 15.0 Å². The fourth-order valence-electron chi connectivity index (χ4n) is 3.34. The summed E-state index contributed by atoms with van der Waals surface area (Å²) in [6.07, 6.45) is 4.93. The predicted molar refractivity (Wildman–Crippen MR) is 101 cm³/mol. The van der Waals surface area contributed by atoms with Crippen LogP contribution in [0.3, 0.4) is 0 Å². The minimum absolute atomic E-state index is 0.0610. The number of sulfone groups is 1. The molecule has 1 aliphatic rings. The van der Waals surface area contributed by atoms with Gasteiger partial charge in [0.15, 0.2) is 0 Å². The monoisotopic (exact) mass is 377 g/mol. The number of hydrogen-bond acceptors (Lipinski definition) is 5. The zero-order valence-electron chi connectivity index (χ0n) is 15.7. The first kappa shape index (κ1) is 19.1. The van der Waals surface area contributed by atoms with Gasteiger partial charge in [-0.15, -0.1) is 0 Å². The quantitative estimate of drug-likeness (QED) is 0.741. The standard InChI is InChI=1S/C19H27N3O3S/c1-15-6-8-16(9-7-15)12-21(2)13-17-11-20-19(26(3,23)24)22(17)14-18-5-4-10-25-18/h6-9,11,18H,4-5,10,12-14H2,1-3H3/t18-/m0/s1. The Balaban J connectivity index is 1.77. The van der Waals surface area contributed by atoms with Gasteiger partial charge in [-0.1, -0.05) is 29.8 Å². The van der Waals surface area contributed by atoms with Gasteiger partial charge in [0.25, 0.3) is 0 Å². The third-order valence-corrected chi connectivity index (χ3v) is 5.64. The normalized spacial score (nSPS) is 17.9. The maximum atomic E-state index is 12.1. The maximum absolute atomic E-state index is 12.1. The molecular formula is C19H27N3O3S. The largest absolute Gasteiger partial charge is 0.376 e. The van der Waals surface area contributed by atoms with Crippen LogP contribution in [0.1, 0.15) is 29.7 Å². The third-order valence-electron chi connectivity index (χ3n) is 4.65. The summed E-state index contributed by atoms with van der Waals surface area (Å²) in [5.74, 6) is 0. The highest BCUT2D eigenvalue weighted by atomic mass is 32.2. The molecule has 0 spiro atoms. The minimum Gasteiger partial charge on any atom is -0.376 e. The van der Waals surface area contributed by atoms with E-state index in [1.165, 1.54) is 17.4 Å². The van der Waals surface area contributed by atoms with Crippen LogP contribution in [0.15, 0.2) is 35.6 Å². The average Bonchev–Trinajstić information content (AvgIpc) is 3.20. The van der Waals surface area contributed by atoms with E-state index in [2.05, 4.69) is 41.1 Å². The van der Waals surface area contributed by atoms with E-state index in [0.29, 0.717) is 13.1 Å². The average molecular weight is 378 g/mol. The summed E-state index contributed by atoms with van der Waals surface area (Å²) in [6.45, 7) is 4.78. The third kappa shape index (κ3) is 4.72. The molecule has 1 aliphatic heterocycles. The summed E-state index contributed by atoms with van der Waals surface area (Å²) in [7, 11) is -1.34. The van der Waals surface area contributed by atoms with Gasteiger partial charge in [0.1, 0.15) is 0 Å². The Morgan fingerprint density at radius 1 is 1.27 bits per heavy atom.